The molecule has 1 aliphatic carbocycles. The van der Waals surface area contributed by atoms with Crippen molar-refractivity contribution >= 4 is 10.9 Å². The zero-order chi connectivity index (χ0) is 11.9. The number of hydrogen-bond acceptors (Lipinski definition) is 2. The average Bonchev–Trinajstić information content (AvgIpc) is 2.29. The molecule has 1 aromatic heterocycles. The predicted octanol–water partition coefficient (Wildman–Crippen LogP) is 1.94. The molecule has 3 nitrogen and oxygen atoms in total. The van der Waals surface area contributed by atoms with E-state index in [1.807, 2.05) is 30.3 Å². The van der Waals surface area contributed by atoms with Crippen LogP contribution in [-0.4, -0.2) is 16.7 Å². The quantitative estimate of drug-likeness (QED) is 0.826. The van der Waals surface area contributed by atoms with Crippen molar-refractivity contribution in [3.8, 4) is 0 Å². The van der Waals surface area contributed by atoms with Gasteiger partial charge in [-0.25, -0.2) is 0 Å². The van der Waals surface area contributed by atoms with Gasteiger partial charge in [-0.3, -0.25) is 4.79 Å². The number of nitrogens with one attached hydrogen (secondary N) is 1. The van der Waals surface area contributed by atoms with Gasteiger partial charge in [0.1, 0.15) is 0 Å². The Morgan fingerprint density at radius 2 is 2.06 bits per heavy atom. The summed E-state index contributed by atoms with van der Waals surface area (Å²) in [5.74, 6) is 0. The molecule has 0 aliphatic heterocycles. The highest BCUT2D eigenvalue weighted by molar-refractivity contribution is 5.79. The molecule has 3 heteroatoms. The molecular weight excluding hydrogens is 214 g/mol. The molecule has 1 heterocycles. The Balaban J connectivity index is 2.23. The van der Waals surface area contributed by atoms with E-state index >= 15 is 0 Å². The molecule has 17 heavy (non-hydrogen) atoms. The van der Waals surface area contributed by atoms with Gasteiger partial charge in [-0.2, -0.15) is 0 Å². The average molecular weight is 229 g/mol. The minimum Gasteiger partial charge on any atom is -0.395 e. The molecule has 0 amide bonds. The van der Waals surface area contributed by atoms with E-state index in [1.54, 1.807) is 0 Å². The summed E-state index contributed by atoms with van der Waals surface area (Å²) in [4.78, 5) is 15.0. The third kappa shape index (κ3) is 1.50. The van der Waals surface area contributed by atoms with Crippen molar-refractivity contribution < 1.29 is 5.11 Å². The zero-order valence-electron chi connectivity index (χ0n) is 9.57. The van der Waals surface area contributed by atoms with Crippen LogP contribution in [0.5, 0.6) is 0 Å². The van der Waals surface area contributed by atoms with Crippen LogP contribution < -0.4 is 5.56 Å². The van der Waals surface area contributed by atoms with Crippen LogP contribution in [0.3, 0.4) is 0 Å². The van der Waals surface area contributed by atoms with Crippen LogP contribution in [0, 0.1) is 0 Å². The van der Waals surface area contributed by atoms with Crippen molar-refractivity contribution in [1.82, 2.24) is 4.98 Å². The molecule has 1 fully saturated rings. The summed E-state index contributed by atoms with van der Waals surface area (Å²) >= 11 is 0. The Bertz CT molecular complexity index is 605. The van der Waals surface area contributed by atoms with Gasteiger partial charge in [-0.05, 0) is 30.4 Å². The molecule has 2 aromatic rings. The summed E-state index contributed by atoms with van der Waals surface area (Å²) in [6.45, 7) is 0.0639. The molecule has 1 saturated carbocycles. The predicted molar refractivity (Wildman–Crippen MR) is 67.2 cm³/mol. The van der Waals surface area contributed by atoms with Crippen molar-refractivity contribution in [2.45, 2.75) is 24.7 Å². The number of fused-ring (bicyclic) bond motifs is 1. The highest BCUT2D eigenvalue weighted by Gasteiger charge is 2.40. The van der Waals surface area contributed by atoms with E-state index in [4.69, 9.17) is 0 Å². The van der Waals surface area contributed by atoms with Crippen LogP contribution in [0.4, 0.5) is 0 Å². The normalized spacial score (nSPS) is 17.9. The number of para-hydroxylation sites is 1. The number of rotatable bonds is 2. The Hall–Kier alpha value is -1.61. The number of aliphatic hydroxyl groups is 1. The number of pyridine rings is 1. The number of hydrogen-bond donors (Lipinski definition) is 2. The molecule has 1 aliphatic rings. The lowest BCUT2D eigenvalue weighted by molar-refractivity contribution is 0.119. The van der Waals surface area contributed by atoms with E-state index in [1.165, 1.54) is 0 Å². The minimum atomic E-state index is -0.294. The number of aromatic nitrogens is 1. The maximum atomic E-state index is 12.1. The van der Waals surface area contributed by atoms with Crippen LogP contribution in [0.2, 0.25) is 0 Å². The summed E-state index contributed by atoms with van der Waals surface area (Å²) < 4.78 is 0. The lowest BCUT2D eigenvalue weighted by Crippen LogP contribution is -2.42. The summed E-state index contributed by atoms with van der Waals surface area (Å²) in [7, 11) is 0. The third-order valence-electron chi connectivity index (χ3n) is 3.94. The van der Waals surface area contributed by atoms with E-state index in [0.717, 1.165) is 35.7 Å². The monoisotopic (exact) mass is 229 g/mol. The Morgan fingerprint density at radius 3 is 2.71 bits per heavy atom. The second-order valence-corrected chi connectivity index (χ2v) is 4.89. The second-order valence-electron chi connectivity index (χ2n) is 4.89. The molecule has 0 radical (unpaired) electrons. The van der Waals surface area contributed by atoms with E-state index in [2.05, 4.69) is 4.98 Å². The zero-order valence-corrected chi connectivity index (χ0v) is 9.57. The van der Waals surface area contributed by atoms with Gasteiger partial charge in [-0.15, -0.1) is 0 Å². The first kappa shape index (κ1) is 10.5. The Kier molecular flexibility index (Phi) is 2.30. The van der Waals surface area contributed by atoms with E-state index in [0.29, 0.717) is 0 Å². The number of aromatic amines is 1. The van der Waals surface area contributed by atoms with E-state index in [-0.39, 0.29) is 17.6 Å². The molecule has 2 N–H and O–H groups in total. The SMILES string of the molecule is O=c1[nH]c2ccccc2cc1C1(CO)CCC1. The van der Waals surface area contributed by atoms with Gasteiger partial charge in [0.15, 0.2) is 0 Å². The Labute approximate surface area is 99.1 Å². The first-order valence-corrected chi connectivity index (χ1v) is 5.99. The van der Waals surface area contributed by atoms with Gasteiger partial charge < -0.3 is 10.1 Å². The largest absolute Gasteiger partial charge is 0.395 e. The topological polar surface area (TPSA) is 53.1 Å². The first-order chi connectivity index (χ1) is 8.25. The summed E-state index contributed by atoms with van der Waals surface area (Å²) in [6, 6.07) is 9.68. The van der Waals surface area contributed by atoms with Crippen molar-refractivity contribution in [2.75, 3.05) is 6.61 Å². The fourth-order valence-electron chi connectivity index (χ4n) is 2.66. The molecule has 0 spiro atoms. The maximum Gasteiger partial charge on any atom is 0.252 e. The van der Waals surface area contributed by atoms with Crippen LogP contribution >= 0.6 is 0 Å². The highest BCUT2D eigenvalue weighted by Crippen LogP contribution is 2.42. The molecule has 0 atom stereocenters. The van der Waals surface area contributed by atoms with Gasteiger partial charge >= 0.3 is 0 Å². The summed E-state index contributed by atoms with van der Waals surface area (Å²) in [5, 5.41) is 10.6. The minimum absolute atomic E-state index is 0.0579. The molecule has 1 aromatic carbocycles. The van der Waals surface area contributed by atoms with Crippen molar-refractivity contribution in [3.05, 3.63) is 46.2 Å². The molecule has 0 saturated heterocycles. The van der Waals surface area contributed by atoms with Crippen LogP contribution in [0.15, 0.2) is 35.1 Å². The van der Waals surface area contributed by atoms with Crippen molar-refractivity contribution in [1.29, 1.82) is 0 Å². The van der Waals surface area contributed by atoms with Gasteiger partial charge in [-0.1, -0.05) is 24.6 Å². The fourth-order valence-corrected chi connectivity index (χ4v) is 2.66. The molecule has 0 bridgehead atoms. The third-order valence-corrected chi connectivity index (χ3v) is 3.94. The number of H-pyrrole nitrogens is 1. The lowest BCUT2D eigenvalue weighted by atomic mass is 9.65. The number of aliphatic hydroxyl groups excluding tert-OH is 1. The molecule has 3 rings (SSSR count). The maximum absolute atomic E-state index is 12.1. The fraction of sp³-hybridized carbons (Fsp3) is 0.357. The van der Waals surface area contributed by atoms with E-state index < -0.39 is 0 Å². The van der Waals surface area contributed by atoms with E-state index in [9.17, 15) is 9.90 Å². The lowest BCUT2D eigenvalue weighted by Gasteiger charge is -2.40. The van der Waals surface area contributed by atoms with Crippen LogP contribution in [0.25, 0.3) is 10.9 Å². The molecular formula is C14H15NO2. The van der Waals surface area contributed by atoms with Gasteiger partial charge in [0.2, 0.25) is 0 Å². The van der Waals surface area contributed by atoms with Crippen LogP contribution in [-0.2, 0) is 5.41 Å². The first-order valence-electron chi connectivity index (χ1n) is 5.99. The standard InChI is InChI=1S/C14H15NO2/c16-9-14(6-3-7-14)11-8-10-4-1-2-5-12(10)15-13(11)17/h1-2,4-5,8,16H,3,6-7,9H2,(H,15,17). The van der Waals surface area contributed by atoms with Crippen LogP contribution in [0.1, 0.15) is 24.8 Å². The smallest absolute Gasteiger partial charge is 0.252 e. The summed E-state index contributed by atoms with van der Waals surface area (Å²) in [5.41, 5.74) is 1.24. The van der Waals surface area contributed by atoms with Gasteiger partial charge in [0, 0.05) is 16.5 Å². The number of benzene rings is 1. The Morgan fingerprint density at radius 1 is 1.29 bits per heavy atom. The molecule has 88 valence electrons. The highest BCUT2D eigenvalue weighted by atomic mass is 16.3. The summed E-state index contributed by atoms with van der Waals surface area (Å²) in [6.07, 6.45) is 2.91. The van der Waals surface area contributed by atoms with Gasteiger partial charge in [0.25, 0.3) is 5.56 Å². The second kappa shape index (κ2) is 3.70. The van der Waals surface area contributed by atoms with Crippen molar-refractivity contribution in [3.63, 3.8) is 0 Å². The van der Waals surface area contributed by atoms with Gasteiger partial charge in [0.05, 0.1) is 6.61 Å². The molecule has 0 unspecified atom stereocenters. The van der Waals surface area contributed by atoms with Crippen molar-refractivity contribution in [2.24, 2.45) is 0 Å².